The number of aromatic nitrogens is 1. The monoisotopic (exact) mass is 341 g/mol. The van der Waals surface area contributed by atoms with E-state index in [1.165, 1.54) is 0 Å². The highest BCUT2D eigenvalue weighted by atomic mass is 16.2. The average molecular weight is 341 g/mol. The molecule has 25 heavy (non-hydrogen) atoms. The van der Waals surface area contributed by atoms with Gasteiger partial charge in [-0.25, -0.2) is 4.98 Å². The van der Waals surface area contributed by atoms with E-state index in [-0.39, 0.29) is 23.7 Å². The zero-order chi connectivity index (χ0) is 17.8. The summed E-state index contributed by atoms with van der Waals surface area (Å²) < 4.78 is 0. The van der Waals surface area contributed by atoms with E-state index in [1.54, 1.807) is 12.3 Å². The molecule has 0 aliphatic carbocycles. The second-order valence-electron chi connectivity index (χ2n) is 6.78. The molecule has 1 aromatic rings. The molecule has 7 nitrogen and oxygen atoms in total. The predicted octanol–water partition coefficient (Wildman–Crippen LogP) is 0.894. The Kier molecular flexibility index (Phi) is 5.17. The number of nitriles is 1. The van der Waals surface area contributed by atoms with Gasteiger partial charge in [0, 0.05) is 44.2 Å². The average Bonchev–Trinajstić information content (AvgIpc) is 2.67. The van der Waals surface area contributed by atoms with E-state index in [9.17, 15) is 9.59 Å². The minimum absolute atomic E-state index is 0.0414. The van der Waals surface area contributed by atoms with Crippen LogP contribution in [0.3, 0.4) is 0 Å². The molecule has 7 heteroatoms. The largest absolute Gasteiger partial charge is 0.369 e. The number of carbonyl (C=O) groups excluding carboxylic acids is 2. The van der Waals surface area contributed by atoms with E-state index >= 15 is 0 Å². The maximum absolute atomic E-state index is 12.7. The van der Waals surface area contributed by atoms with Gasteiger partial charge in [-0.1, -0.05) is 0 Å². The van der Waals surface area contributed by atoms with Crippen LogP contribution in [0.15, 0.2) is 18.3 Å². The van der Waals surface area contributed by atoms with E-state index in [0.29, 0.717) is 31.5 Å². The molecular formula is C18H23N5O2. The smallest absolute Gasteiger partial charge is 0.225 e. The van der Waals surface area contributed by atoms with Crippen molar-refractivity contribution in [1.82, 2.24) is 9.88 Å². The van der Waals surface area contributed by atoms with Gasteiger partial charge in [0.25, 0.3) is 0 Å². The van der Waals surface area contributed by atoms with E-state index in [4.69, 9.17) is 11.0 Å². The Labute approximate surface area is 147 Å². The van der Waals surface area contributed by atoms with Gasteiger partial charge in [-0.2, -0.15) is 5.26 Å². The molecule has 0 saturated carbocycles. The summed E-state index contributed by atoms with van der Waals surface area (Å²) >= 11 is 0. The van der Waals surface area contributed by atoms with Crippen molar-refractivity contribution in [3.05, 3.63) is 23.9 Å². The molecule has 2 N–H and O–H groups in total. The lowest BCUT2D eigenvalue weighted by Gasteiger charge is -2.37. The van der Waals surface area contributed by atoms with E-state index in [0.717, 1.165) is 31.7 Å². The lowest BCUT2D eigenvalue weighted by molar-refractivity contribution is -0.139. The van der Waals surface area contributed by atoms with Crippen LogP contribution in [0, 0.1) is 23.2 Å². The summed E-state index contributed by atoms with van der Waals surface area (Å²) in [5, 5.41) is 8.83. The number of hydrogen-bond acceptors (Lipinski definition) is 5. The van der Waals surface area contributed by atoms with Gasteiger partial charge in [0.1, 0.15) is 11.9 Å². The Bertz CT molecular complexity index is 666. The minimum Gasteiger partial charge on any atom is -0.369 e. The highest BCUT2D eigenvalue weighted by molar-refractivity contribution is 5.80. The SMILES string of the molecule is N#Cc1ccc(N2CCC(C(=O)N3CCC(C(N)=O)CC3)CC2)nc1. The first-order chi connectivity index (χ1) is 12.1. The van der Waals surface area contributed by atoms with E-state index in [1.807, 2.05) is 11.0 Å². The predicted molar refractivity (Wildman–Crippen MR) is 92.4 cm³/mol. The summed E-state index contributed by atoms with van der Waals surface area (Å²) in [6, 6.07) is 5.69. The first kappa shape index (κ1) is 17.2. The van der Waals surface area contributed by atoms with Crippen LogP contribution in [0.2, 0.25) is 0 Å². The highest BCUT2D eigenvalue weighted by Gasteiger charge is 2.32. The van der Waals surface area contributed by atoms with E-state index < -0.39 is 0 Å². The molecule has 3 heterocycles. The lowest BCUT2D eigenvalue weighted by atomic mass is 9.92. The van der Waals surface area contributed by atoms with Crippen molar-refractivity contribution >= 4 is 17.6 Å². The molecule has 2 fully saturated rings. The van der Waals surface area contributed by atoms with Crippen LogP contribution in [0.4, 0.5) is 5.82 Å². The maximum atomic E-state index is 12.7. The van der Waals surface area contributed by atoms with Gasteiger partial charge in [-0.05, 0) is 37.8 Å². The molecule has 132 valence electrons. The summed E-state index contributed by atoms with van der Waals surface area (Å²) in [7, 11) is 0. The fourth-order valence-corrected chi connectivity index (χ4v) is 3.64. The normalized spacial score (nSPS) is 19.5. The number of likely N-dealkylation sites (tertiary alicyclic amines) is 1. The van der Waals surface area contributed by atoms with Crippen molar-refractivity contribution < 1.29 is 9.59 Å². The van der Waals surface area contributed by atoms with Crippen molar-refractivity contribution in [2.45, 2.75) is 25.7 Å². The fraction of sp³-hybridized carbons (Fsp3) is 0.556. The van der Waals surface area contributed by atoms with Crippen LogP contribution in [0.5, 0.6) is 0 Å². The summed E-state index contributed by atoms with van der Waals surface area (Å²) in [6.07, 6.45) is 4.53. The zero-order valence-corrected chi connectivity index (χ0v) is 14.2. The number of primary amides is 1. The molecule has 2 amide bonds. The second-order valence-corrected chi connectivity index (χ2v) is 6.78. The van der Waals surface area contributed by atoms with Crippen LogP contribution in [0.1, 0.15) is 31.2 Å². The molecular weight excluding hydrogens is 318 g/mol. The summed E-state index contributed by atoms with van der Waals surface area (Å²) in [4.78, 5) is 32.3. The molecule has 3 rings (SSSR count). The van der Waals surface area contributed by atoms with Crippen molar-refractivity contribution in [2.75, 3.05) is 31.1 Å². The summed E-state index contributed by atoms with van der Waals surface area (Å²) in [5.74, 6) is 0.756. The van der Waals surface area contributed by atoms with Gasteiger partial charge in [-0.15, -0.1) is 0 Å². The van der Waals surface area contributed by atoms with Gasteiger partial charge in [-0.3, -0.25) is 9.59 Å². The number of amides is 2. The molecule has 2 aliphatic heterocycles. The third kappa shape index (κ3) is 3.90. The van der Waals surface area contributed by atoms with Gasteiger partial charge >= 0.3 is 0 Å². The standard InChI is InChI=1S/C18H23N5O2/c19-11-13-1-2-16(21-12-13)22-7-5-15(6-8-22)18(25)23-9-3-14(4-10-23)17(20)24/h1-2,12,14-15H,3-10H2,(H2,20,24). The molecule has 0 atom stereocenters. The van der Waals surface area contributed by atoms with Crippen molar-refractivity contribution in [2.24, 2.45) is 17.6 Å². The molecule has 1 aromatic heterocycles. The van der Waals surface area contributed by atoms with Crippen molar-refractivity contribution in [1.29, 1.82) is 5.26 Å². The van der Waals surface area contributed by atoms with Gasteiger partial charge in [0.05, 0.1) is 5.56 Å². The fourth-order valence-electron chi connectivity index (χ4n) is 3.64. The van der Waals surface area contributed by atoms with Crippen LogP contribution in [-0.2, 0) is 9.59 Å². The first-order valence-electron chi connectivity index (χ1n) is 8.77. The summed E-state index contributed by atoms with van der Waals surface area (Å²) in [5.41, 5.74) is 5.90. The zero-order valence-electron chi connectivity index (χ0n) is 14.2. The Hall–Kier alpha value is -2.62. The van der Waals surface area contributed by atoms with Crippen LogP contribution in [-0.4, -0.2) is 47.9 Å². The number of anilines is 1. The quantitative estimate of drug-likeness (QED) is 0.879. The second kappa shape index (κ2) is 7.51. The molecule has 0 aromatic carbocycles. The molecule has 0 bridgehead atoms. The first-order valence-corrected chi connectivity index (χ1v) is 8.77. The summed E-state index contributed by atoms with van der Waals surface area (Å²) in [6.45, 7) is 2.83. The number of piperidine rings is 2. The maximum Gasteiger partial charge on any atom is 0.225 e. The molecule has 2 aliphatic rings. The number of hydrogen-bond donors (Lipinski definition) is 1. The van der Waals surface area contributed by atoms with Gasteiger partial charge in [0.2, 0.25) is 11.8 Å². The number of nitrogens with two attached hydrogens (primary N) is 1. The molecule has 0 spiro atoms. The van der Waals surface area contributed by atoms with Gasteiger partial charge in [0.15, 0.2) is 0 Å². The van der Waals surface area contributed by atoms with Crippen LogP contribution >= 0.6 is 0 Å². The van der Waals surface area contributed by atoms with E-state index in [2.05, 4.69) is 16.0 Å². The minimum atomic E-state index is -0.254. The Balaban J connectivity index is 1.51. The highest BCUT2D eigenvalue weighted by Crippen LogP contribution is 2.25. The Morgan fingerprint density at radius 3 is 2.24 bits per heavy atom. The third-order valence-electron chi connectivity index (χ3n) is 5.25. The topological polar surface area (TPSA) is 103 Å². The number of nitrogens with zero attached hydrogens (tertiary/aromatic N) is 4. The van der Waals surface area contributed by atoms with Gasteiger partial charge < -0.3 is 15.5 Å². The van der Waals surface area contributed by atoms with Crippen molar-refractivity contribution in [3.8, 4) is 6.07 Å². The Morgan fingerprint density at radius 2 is 1.72 bits per heavy atom. The number of carbonyl (C=O) groups is 2. The Morgan fingerprint density at radius 1 is 1.08 bits per heavy atom. The lowest BCUT2D eigenvalue weighted by Crippen LogP contribution is -2.47. The van der Waals surface area contributed by atoms with Crippen LogP contribution in [0.25, 0.3) is 0 Å². The molecule has 0 unspecified atom stereocenters. The van der Waals surface area contributed by atoms with Crippen molar-refractivity contribution in [3.63, 3.8) is 0 Å². The molecule has 0 radical (unpaired) electrons. The number of rotatable bonds is 3. The van der Waals surface area contributed by atoms with Crippen LogP contribution < -0.4 is 10.6 Å². The third-order valence-corrected chi connectivity index (χ3v) is 5.25. The number of pyridine rings is 1. The molecule has 2 saturated heterocycles.